The van der Waals surface area contributed by atoms with Gasteiger partial charge in [-0.15, -0.1) is 6.58 Å². The summed E-state index contributed by atoms with van der Waals surface area (Å²) in [5, 5.41) is 0. The monoisotopic (exact) mass is 264 g/mol. The molecule has 0 fully saturated rings. The van der Waals surface area contributed by atoms with Crippen LogP contribution in [0.25, 0.3) is 0 Å². The number of aryl methyl sites for hydroxylation is 1. The molecule has 20 heavy (non-hydrogen) atoms. The zero-order chi connectivity index (χ0) is 14.4. The highest BCUT2D eigenvalue weighted by Gasteiger charge is 2.19. The fourth-order valence-corrected chi connectivity index (χ4v) is 2.33. The van der Waals surface area contributed by atoms with Gasteiger partial charge in [0.25, 0.3) is 0 Å². The number of Topliss-reactive ketones (excluding diaryl/α,β-unsaturated/α-hetero) is 1. The number of carbonyl (C=O) groups is 1. The van der Waals surface area contributed by atoms with Crippen molar-refractivity contribution in [1.29, 1.82) is 0 Å². The molecule has 0 radical (unpaired) electrons. The summed E-state index contributed by atoms with van der Waals surface area (Å²) in [6, 6.07) is 17.9. The van der Waals surface area contributed by atoms with Crippen molar-refractivity contribution in [2.24, 2.45) is 5.92 Å². The SMILES string of the molecule is C=CCC(Cc1ccc(C)cc1)C(=O)c1ccccc1. The Labute approximate surface area is 121 Å². The summed E-state index contributed by atoms with van der Waals surface area (Å²) < 4.78 is 0. The van der Waals surface area contributed by atoms with Crippen LogP contribution in [0.1, 0.15) is 27.9 Å². The Bertz CT molecular complexity index is 566. The highest BCUT2D eigenvalue weighted by molar-refractivity contribution is 5.98. The van der Waals surface area contributed by atoms with Gasteiger partial charge >= 0.3 is 0 Å². The van der Waals surface area contributed by atoms with Gasteiger partial charge < -0.3 is 0 Å². The number of carbonyl (C=O) groups excluding carboxylic acids is 1. The van der Waals surface area contributed by atoms with Crippen molar-refractivity contribution in [3.8, 4) is 0 Å². The van der Waals surface area contributed by atoms with Gasteiger partial charge in [0.05, 0.1) is 0 Å². The first-order chi connectivity index (χ1) is 9.70. The van der Waals surface area contributed by atoms with E-state index in [-0.39, 0.29) is 11.7 Å². The van der Waals surface area contributed by atoms with Crippen molar-refractivity contribution in [2.75, 3.05) is 0 Å². The van der Waals surface area contributed by atoms with Gasteiger partial charge in [0.1, 0.15) is 0 Å². The number of benzene rings is 2. The van der Waals surface area contributed by atoms with Gasteiger partial charge in [0.15, 0.2) is 5.78 Å². The Kier molecular flexibility index (Phi) is 4.89. The van der Waals surface area contributed by atoms with Crippen LogP contribution in [-0.4, -0.2) is 5.78 Å². The molecule has 0 aliphatic carbocycles. The molecule has 1 unspecified atom stereocenters. The quantitative estimate of drug-likeness (QED) is 0.550. The van der Waals surface area contributed by atoms with E-state index in [1.165, 1.54) is 11.1 Å². The molecular formula is C19H20O. The summed E-state index contributed by atoms with van der Waals surface area (Å²) in [6.07, 6.45) is 3.31. The molecule has 0 amide bonds. The topological polar surface area (TPSA) is 17.1 Å². The van der Waals surface area contributed by atoms with Gasteiger partial charge in [-0.05, 0) is 25.3 Å². The van der Waals surface area contributed by atoms with E-state index in [9.17, 15) is 4.79 Å². The largest absolute Gasteiger partial charge is 0.294 e. The van der Waals surface area contributed by atoms with E-state index in [0.717, 1.165) is 12.0 Å². The van der Waals surface area contributed by atoms with E-state index in [1.54, 1.807) is 0 Å². The Morgan fingerprint density at radius 3 is 2.35 bits per heavy atom. The molecule has 2 rings (SSSR count). The van der Waals surface area contributed by atoms with Crippen LogP contribution in [-0.2, 0) is 6.42 Å². The maximum absolute atomic E-state index is 12.6. The first-order valence-corrected chi connectivity index (χ1v) is 6.96. The molecule has 0 spiro atoms. The average Bonchev–Trinajstić information content (AvgIpc) is 2.49. The predicted molar refractivity (Wildman–Crippen MR) is 84.0 cm³/mol. The second-order valence-electron chi connectivity index (χ2n) is 5.14. The fourth-order valence-electron chi connectivity index (χ4n) is 2.33. The minimum Gasteiger partial charge on any atom is -0.294 e. The molecule has 0 aliphatic rings. The average molecular weight is 264 g/mol. The Balaban J connectivity index is 2.16. The highest BCUT2D eigenvalue weighted by atomic mass is 16.1. The standard InChI is InChI=1S/C19H20O/c1-3-7-18(14-16-12-10-15(2)11-13-16)19(20)17-8-5-4-6-9-17/h3-6,8-13,18H,1,7,14H2,2H3. The Hall–Kier alpha value is -2.15. The molecule has 2 aromatic rings. The van der Waals surface area contributed by atoms with E-state index >= 15 is 0 Å². The second-order valence-corrected chi connectivity index (χ2v) is 5.14. The van der Waals surface area contributed by atoms with E-state index in [4.69, 9.17) is 0 Å². The van der Waals surface area contributed by atoms with Crippen LogP contribution in [0.4, 0.5) is 0 Å². The number of hydrogen-bond acceptors (Lipinski definition) is 1. The Morgan fingerprint density at radius 1 is 1.10 bits per heavy atom. The van der Waals surface area contributed by atoms with Crippen molar-refractivity contribution >= 4 is 5.78 Å². The molecule has 0 aromatic heterocycles. The molecule has 0 bridgehead atoms. The van der Waals surface area contributed by atoms with Crippen molar-refractivity contribution in [3.05, 3.63) is 83.9 Å². The lowest BCUT2D eigenvalue weighted by Gasteiger charge is -2.14. The number of rotatable bonds is 6. The van der Waals surface area contributed by atoms with E-state index in [0.29, 0.717) is 6.42 Å². The van der Waals surface area contributed by atoms with E-state index in [1.807, 2.05) is 36.4 Å². The molecule has 0 N–H and O–H groups in total. The molecular weight excluding hydrogens is 244 g/mol. The van der Waals surface area contributed by atoms with Crippen molar-refractivity contribution in [2.45, 2.75) is 19.8 Å². The lowest BCUT2D eigenvalue weighted by molar-refractivity contribution is 0.0920. The number of ketones is 1. The predicted octanol–water partition coefficient (Wildman–Crippen LogP) is 4.61. The number of hydrogen-bond donors (Lipinski definition) is 0. The van der Waals surface area contributed by atoms with Crippen LogP contribution in [0.15, 0.2) is 67.3 Å². The van der Waals surface area contributed by atoms with Crippen LogP contribution in [0, 0.1) is 12.8 Å². The number of allylic oxidation sites excluding steroid dienone is 1. The molecule has 0 aliphatic heterocycles. The van der Waals surface area contributed by atoms with Crippen LogP contribution in [0.2, 0.25) is 0 Å². The maximum Gasteiger partial charge on any atom is 0.166 e. The minimum absolute atomic E-state index is 0.0300. The second kappa shape index (κ2) is 6.85. The van der Waals surface area contributed by atoms with Crippen molar-refractivity contribution < 1.29 is 4.79 Å². The third-order valence-electron chi connectivity index (χ3n) is 3.48. The molecule has 2 aromatic carbocycles. The molecule has 0 saturated heterocycles. The van der Waals surface area contributed by atoms with Crippen molar-refractivity contribution in [3.63, 3.8) is 0 Å². The van der Waals surface area contributed by atoms with Gasteiger partial charge in [-0.2, -0.15) is 0 Å². The third-order valence-corrected chi connectivity index (χ3v) is 3.48. The summed E-state index contributed by atoms with van der Waals surface area (Å²) >= 11 is 0. The molecule has 0 saturated carbocycles. The first kappa shape index (κ1) is 14.3. The summed E-state index contributed by atoms with van der Waals surface area (Å²) in [7, 11) is 0. The minimum atomic E-state index is -0.0300. The van der Waals surface area contributed by atoms with Crippen LogP contribution < -0.4 is 0 Å². The third kappa shape index (κ3) is 3.67. The van der Waals surface area contributed by atoms with Gasteiger partial charge in [-0.1, -0.05) is 66.2 Å². The smallest absolute Gasteiger partial charge is 0.166 e. The van der Waals surface area contributed by atoms with Gasteiger partial charge in [-0.25, -0.2) is 0 Å². The van der Waals surface area contributed by atoms with E-state index < -0.39 is 0 Å². The zero-order valence-corrected chi connectivity index (χ0v) is 11.9. The van der Waals surface area contributed by atoms with Crippen molar-refractivity contribution in [1.82, 2.24) is 0 Å². The molecule has 1 heteroatoms. The lowest BCUT2D eigenvalue weighted by atomic mass is 9.88. The Morgan fingerprint density at radius 2 is 1.75 bits per heavy atom. The molecule has 1 nitrogen and oxygen atoms in total. The fraction of sp³-hybridized carbons (Fsp3) is 0.211. The first-order valence-electron chi connectivity index (χ1n) is 6.96. The van der Waals surface area contributed by atoms with Gasteiger partial charge in [-0.3, -0.25) is 4.79 Å². The van der Waals surface area contributed by atoms with Crippen LogP contribution in [0.3, 0.4) is 0 Å². The zero-order valence-electron chi connectivity index (χ0n) is 11.9. The summed E-state index contributed by atoms with van der Waals surface area (Å²) in [5.41, 5.74) is 3.22. The summed E-state index contributed by atoms with van der Waals surface area (Å²) in [5.74, 6) is 0.170. The van der Waals surface area contributed by atoms with Gasteiger partial charge in [0.2, 0.25) is 0 Å². The van der Waals surface area contributed by atoms with Crippen LogP contribution in [0.5, 0.6) is 0 Å². The molecule has 0 heterocycles. The lowest BCUT2D eigenvalue weighted by Crippen LogP contribution is -2.17. The maximum atomic E-state index is 12.6. The van der Waals surface area contributed by atoms with Crippen LogP contribution >= 0.6 is 0 Å². The summed E-state index contributed by atoms with van der Waals surface area (Å²) in [4.78, 5) is 12.6. The van der Waals surface area contributed by atoms with Gasteiger partial charge in [0, 0.05) is 11.5 Å². The summed E-state index contributed by atoms with van der Waals surface area (Å²) in [6.45, 7) is 5.85. The normalized spacial score (nSPS) is 11.8. The highest BCUT2D eigenvalue weighted by Crippen LogP contribution is 2.19. The molecule has 1 atom stereocenters. The molecule has 102 valence electrons. The van der Waals surface area contributed by atoms with E-state index in [2.05, 4.69) is 37.8 Å².